The van der Waals surface area contributed by atoms with Gasteiger partial charge in [0.15, 0.2) is 0 Å². The summed E-state index contributed by atoms with van der Waals surface area (Å²) >= 11 is 0. The lowest BCUT2D eigenvalue weighted by Gasteiger charge is -2.30. The molecule has 0 aliphatic carbocycles. The third kappa shape index (κ3) is 3.93. The van der Waals surface area contributed by atoms with Crippen molar-refractivity contribution in [1.82, 2.24) is 9.62 Å². The van der Waals surface area contributed by atoms with Gasteiger partial charge in [0, 0.05) is 25.2 Å². The summed E-state index contributed by atoms with van der Waals surface area (Å²) in [5.74, 6) is -1.52. The molecule has 1 aliphatic heterocycles. The van der Waals surface area contributed by atoms with Gasteiger partial charge in [-0.2, -0.15) is 0 Å². The average molecular weight is 354 g/mol. The van der Waals surface area contributed by atoms with Crippen LogP contribution in [0.5, 0.6) is 0 Å². The van der Waals surface area contributed by atoms with Gasteiger partial charge < -0.3 is 10.0 Å². The smallest absolute Gasteiger partial charge is 0.306 e. The average Bonchev–Trinajstić information content (AvgIpc) is 2.54. The summed E-state index contributed by atoms with van der Waals surface area (Å²) in [6.07, 6.45) is 0.824. The Labute approximate surface area is 141 Å². The minimum Gasteiger partial charge on any atom is -0.481 e. The predicted octanol–water partition coefficient (Wildman–Crippen LogP) is 1.23. The molecule has 2 rings (SSSR count). The zero-order valence-corrected chi connectivity index (χ0v) is 14.6. The number of benzene rings is 1. The van der Waals surface area contributed by atoms with E-state index in [4.69, 9.17) is 5.11 Å². The standard InChI is InChI=1S/C16H22N2O5S/c1-3-17-24(22,23)13-5-4-11(2)14(10-13)15(19)18-8-6-12(7-9-18)16(20)21/h4-5,10,12,17H,3,6-9H2,1-2H3,(H,20,21). The van der Waals surface area contributed by atoms with E-state index in [2.05, 4.69) is 4.72 Å². The molecule has 0 atom stereocenters. The predicted molar refractivity (Wildman–Crippen MR) is 88.3 cm³/mol. The molecule has 1 aromatic rings. The highest BCUT2D eigenvalue weighted by atomic mass is 32.2. The number of carboxylic acids is 1. The maximum absolute atomic E-state index is 12.7. The molecule has 1 aliphatic rings. The van der Waals surface area contributed by atoms with Crippen LogP contribution in [0.4, 0.5) is 0 Å². The Hall–Kier alpha value is -1.93. The van der Waals surface area contributed by atoms with E-state index in [0.717, 1.165) is 0 Å². The normalized spacial score (nSPS) is 16.2. The lowest BCUT2D eigenvalue weighted by atomic mass is 9.96. The summed E-state index contributed by atoms with van der Waals surface area (Å²) in [6.45, 7) is 4.42. The Bertz CT molecular complexity index is 737. The summed E-state index contributed by atoms with van der Waals surface area (Å²) < 4.78 is 26.6. The van der Waals surface area contributed by atoms with Crippen molar-refractivity contribution in [2.45, 2.75) is 31.6 Å². The largest absolute Gasteiger partial charge is 0.481 e. The molecule has 24 heavy (non-hydrogen) atoms. The first-order chi connectivity index (χ1) is 11.3. The van der Waals surface area contributed by atoms with Gasteiger partial charge in [-0.15, -0.1) is 0 Å². The van der Waals surface area contributed by atoms with Crippen molar-refractivity contribution in [2.24, 2.45) is 5.92 Å². The molecular formula is C16H22N2O5S. The molecule has 1 heterocycles. The van der Waals surface area contributed by atoms with E-state index in [-0.39, 0.29) is 17.3 Å². The van der Waals surface area contributed by atoms with Crippen LogP contribution in [-0.2, 0) is 14.8 Å². The van der Waals surface area contributed by atoms with Crippen LogP contribution in [0.2, 0.25) is 0 Å². The van der Waals surface area contributed by atoms with E-state index >= 15 is 0 Å². The second-order valence-corrected chi connectivity index (χ2v) is 7.65. The second-order valence-electron chi connectivity index (χ2n) is 5.88. The molecule has 0 bridgehead atoms. The van der Waals surface area contributed by atoms with Gasteiger partial charge in [-0.25, -0.2) is 13.1 Å². The number of amides is 1. The number of nitrogens with zero attached hydrogens (tertiary/aromatic N) is 1. The number of aryl methyl sites for hydroxylation is 1. The van der Waals surface area contributed by atoms with Gasteiger partial charge in [0.05, 0.1) is 10.8 Å². The molecule has 0 saturated carbocycles. The second kappa shape index (κ2) is 7.31. The van der Waals surface area contributed by atoms with E-state index in [0.29, 0.717) is 37.1 Å². The van der Waals surface area contributed by atoms with Gasteiger partial charge in [0.25, 0.3) is 5.91 Å². The fraction of sp³-hybridized carbons (Fsp3) is 0.500. The SMILES string of the molecule is CCNS(=O)(=O)c1ccc(C)c(C(=O)N2CCC(C(=O)O)CC2)c1. The van der Waals surface area contributed by atoms with Crippen LogP contribution in [0.3, 0.4) is 0 Å². The number of rotatable bonds is 5. The Kier molecular flexibility index (Phi) is 5.61. The number of carboxylic acid groups (broad SMARTS) is 1. The number of piperidine rings is 1. The van der Waals surface area contributed by atoms with Crippen LogP contribution in [-0.4, -0.2) is 49.9 Å². The quantitative estimate of drug-likeness (QED) is 0.828. The minimum atomic E-state index is -3.63. The number of hydrogen-bond donors (Lipinski definition) is 2. The number of sulfonamides is 1. The first kappa shape index (κ1) is 18.4. The molecule has 0 spiro atoms. The Morgan fingerprint density at radius 2 is 1.92 bits per heavy atom. The molecule has 2 N–H and O–H groups in total. The number of hydrogen-bond acceptors (Lipinski definition) is 4. The molecule has 132 valence electrons. The van der Waals surface area contributed by atoms with E-state index < -0.39 is 21.9 Å². The monoisotopic (exact) mass is 354 g/mol. The third-order valence-electron chi connectivity index (χ3n) is 4.22. The van der Waals surface area contributed by atoms with Crippen molar-refractivity contribution in [3.05, 3.63) is 29.3 Å². The summed E-state index contributed by atoms with van der Waals surface area (Å²) in [7, 11) is -3.63. The molecule has 1 aromatic carbocycles. The summed E-state index contributed by atoms with van der Waals surface area (Å²) in [6, 6.07) is 4.47. The maximum atomic E-state index is 12.7. The lowest BCUT2D eigenvalue weighted by Crippen LogP contribution is -2.40. The highest BCUT2D eigenvalue weighted by molar-refractivity contribution is 7.89. The molecule has 1 fully saturated rings. The van der Waals surface area contributed by atoms with Gasteiger partial charge >= 0.3 is 5.97 Å². The first-order valence-electron chi connectivity index (χ1n) is 7.88. The number of carbonyl (C=O) groups excluding carboxylic acids is 1. The highest BCUT2D eigenvalue weighted by Crippen LogP contribution is 2.22. The van der Waals surface area contributed by atoms with Crippen molar-refractivity contribution < 1.29 is 23.1 Å². The van der Waals surface area contributed by atoms with Crippen LogP contribution in [0.1, 0.15) is 35.7 Å². The van der Waals surface area contributed by atoms with E-state index in [1.54, 1.807) is 24.8 Å². The van der Waals surface area contributed by atoms with Crippen molar-refractivity contribution in [1.29, 1.82) is 0 Å². The van der Waals surface area contributed by atoms with Gasteiger partial charge in [0.1, 0.15) is 0 Å². The Morgan fingerprint density at radius 1 is 1.29 bits per heavy atom. The molecule has 7 nitrogen and oxygen atoms in total. The zero-order valence-electron chi connectivity index (χ0n) is 13.8. The van der Waals surface area contributed by atoms with Gasteiger partial charge in [0.2, 0.25) is 10.0 Å². The van der Waals surface area contributed by atoms with E-state index in [1.165, 1.54) is 12.1 Å². The van der Waals surface area contributed by atoms with Crippen LogP contribution in [0.15, 0.2) is 23.1 Å². The van der Waals surface area contributed by atoms with E-state index in [1.807, 2.05) is 0 Å². The van der Waals surface area contributed by atoms with Crippen LogP contribution < -0.4 is 4.72 Å². The maximum Gasteiger partial charge on any atom is 0.306 e. The number of likely N-dealkylation sites (tertiary alicyclic amines) is 1. The Balaban J connectivity index is 2.22. The molecule has 0 aromatic heterocycles. The molecular weight excluding hydrogens is 332 g/mol. The fourth-order valence-corrected chi connectivity index (χ4v) is 3.84. The van der Waals surface area contributed by atoms with Crippen LogP contribution >= 0.6 is 0 Å². The van der Waals surface area contributed by atoms with Crippen LogP contribution in [0.25, 0.3) is 0 Å². The Morgan fingerprint density at radius 3 is 2.46 bits per heavy atom. The lowest BCUT2D eigenvalue weighted by molar-refractivity contribution is -0.143. The molecule has 0 unspecified atom stereocenters. The van der Waals surface area contributed by atoms with Crippen molar-refractivity contribution in [2.75, 3.05) is 19.6 Å². The third-order valence-corrected chi connectivity index (χ3v) is 5.76. The van der Waals surface area contributed by atoms with Crippen LogP contribution in [0, 0.1) is 12.8 Å². The number of nitrogens with one attached hydrogen (secondary N) is 1. The number of carbonyl (C=O) groups is 2. The fourth-order valence-electron chi connectivity index (χ4n) is 2.77. The molecule has 0 radical (unpaired) electrons. The molecule has 1 saturated heterocycles. The minimum absolute atomic E-state index is 0.0544. The van der Waals surface area contributed by atoms with Gasteiger partial charge in [-0.05, 0) is 37.5 Å². The summed E-state index contributed by atoms with van der Waals surface area (Å²) in [5.41, 5.74) is 1.03. The molecule has 8 heteroatoms. The summed E-state index contributed by atoms with van der Waals surface area (Å²) in [4.78, 5) is 25.3. The zero-order chi connectivity index (χ0) is 17.9. The van der Waals surface area contributed by atoms with E-state index in [9.17, 15) is 18.0 Å². The number of aliphatic carboxylic acids is 1. The highest BCUT2D eigenvalue weighted by Gasteiger charge is 2.28. The van der Waals surface area contributed by atoms with Crippen molar-refractivity contribution in [3.8, 4) is 0 Å². The summed E-state index contributed by atoms with van der Waals surface area (Å²) in [5, 5.41) is 9.02. The first-order valence-corrected chi connectivity index (χ1v) is 9.37. The van der Waals surface area contributed by atoms with Gasteiger partial charge in [-0.3, -0.25) is 9.59 Å². The molecule has 1 amide bonds. The van der Waals surface area contributed by atoms with Gasteiger partial charge in [-0.1, -0.05) is 13.0 Å². The van der Waals surface area contributed by atoms with Crippen molar-refractivity contribution in [3.63, 3.8) is 0 Å². The topological polar surface area (TPSA) is 104 Å². The van der Waals surface area contributed by atoms with Crippen molar-refractivity contribution >= 4 is 21.9 Å².